The van der Waals surface area contributed by atoms with E-state index in [9.17, 15) is 14.7 Å². The minimum atomic E-state index is -0.630. The number of hydrogen-bond acceptors (Lipinski definition) is 7. The van der Waals surface area contributed by atoms with E-state index in [0.29, 0.717) is 22.2 Å². The van der Waals surface area contributed by atoms with Crippen molar-refractivity contribution >= 4 is 51.3 Å². The van der Waals surface area contributed by atoms with Crippen molar-refractivity contribution in [2.45, 2.75) is 65.5 Å². The largest absolute Gasteiger partial charge is 0.506 e. The standard InChI is InChI=1S/C33H37N3O5S/c1-4-21-10-9-13-26-22(19-36(30(21)26)20-28(37)34-23-11-7-8-12-23)18-27-31(38)29(33(39)41-6-3)32(42-27)35-24-14-16-25(17-15-24)40-5-2/h9-10,13-19,23,38H,4-8,11-12,20H2,1-3H3,(H,34,37)/b27-18-,35-32?. The number of thioether (sulfide) groups is 1. The van der Waals surface area contributed by atoms with Crippen LogP contribution in [0.5, 0.6) is 5.75 Å². The number of hydrogen-bond donors (Lipinski definition) is 2. The van der Waals surface area contributed by atoms with Crippen LogP contribution in [-0.4, -0.2) is 45.8 Å². The molecule has 0 bridgehead atoms. The first-order valence-electron chi connectivity index (χ1n) is 14.6. The molecule has 5 rings (SSSR count). The van der Waals surface area contributed by atoms with Crippen LogP contribution in [-0.2, 0) is 27.3 Å². The molecule has 220 valence electrons. The average molecular weight is 588 g/mol. The number of esters is 1. The van der Waals surface area contributed by atoms with Gasteiger partial charge in [0.15, 0.2) is 0 Å². The zero-order chi connectivity index (χ0) is 29.6. The van der Waals surface area contributed by atoms with E-state index in [0.717, 1.165) is 59.9 Å². The Kier molecular flexibility index (Phi) is 9.37. The number of benzene rings is 2. The molecule has 1 aromatic heterocycles. The number of aliphatic imine (C=N–C) groups is 1. The summed E-state index contributed by atoms with van der Waals surface area (Å²) in [4.78, 5) is 31.1. The SMILES string of the molecule is CCOC(=O)C1=C(O)/C(=C/c2cn(CC(=O)NC3CCCC3)c3c(CC)cccc23)SC1=Nc1ccc(OCC)cc1. The molecule has 2 aromatic carbocycles. The van der Waals surface area contributed by atoms with E-state index in [1.807, 2.05) is 48.0 Å². The van der Waals surface area contributed by atoms with Gasteiger partial charge in [-0.1, -0.05) is 49.7 Å². The van der Waals surface area contributed by atoms with E-state index in [2.05, 4.69) is 23.3 Å². The second-order valence-corrected chi connectivity index (χ2v) is 11.4. The fourth-order valence-electron chi connectivity index (χ4n) is 5.52. The Morgan fingerprint density at radius 1 is 1.10 bits per heavy atom. The molecule has 9 heteroatoms. The van der Waals surface area contributed by atoms with Crippen LogP contribution >= 0.6 is 11.8 Å². The number of aryl methyl sites for hydroxylation is 1. The van der Waals surface area contributed by atoms with Crippen molar-refractivity contribution in [1.29, 1.82) is 0 Å². The first-order chi connectivity index (χ1) is 20.4. The lowest BCUT2D eigenvalue weighted by atomic mass is 10.1. The van der Waals surface area contributed by atoms with Crippen LogP contribution < -0.4 is 10.1 Å². The highest BCUT2D eigenvalue weighted by Gasteiger charge is 2.33. The molecule has 3 aromatic rings. The second kappa shape index (κ2) is 13.3. The lowest BCUT2D eigenvalue weighted by Gasteiger charge is -2.13. The summed E-state index contributed by atoms with van der Waals surface area (Å²) in [7, 11) is 0. The van der Waals surface area contributed by atoms with Gasteiger partial charge < -0.3 is 24.5 Å². The van der Waals surface area contributed by atoms with Crippen molar-refractivity contribution in [3.63, 3.8) is 0 Å². The molecule has 0 unspecified atom stereocenters. The molecular formula is C33H37N3O5S. The fraction of sp³-hybridized carbons (Fsp3) is 0.364. The maximum Gasteiger partial charge on any atom is 0.344 e. The predicted octanol–water partition coefficient (Wildman–Crippen LogP) is 6.85. The van der Waals surface area contributed by atoms with E-state index < -0.39 is 5.97 Å². The third-order valence-electron chi connectivity index (χ3n) is 7.46. The van der Waals surface area contributed by atoms with E-state index >= 15 is 0 Å². The zero-order valence-corrected chi connectivity index (χ0v) is 25.1. The fourth-order valence-corrected chi connectivity index (χ4v) is 6.55. The van der Waals surface area contributed by atoms with Crippen LogP contribution in [0.3, 0.4) is 0 Å². The quantitative estimate of drug-likeness (QED) is 0.252. The van der Waals surface area contributed by atoms with Gasteiger partial charge in [0.05, 0.1) is 29.3 Å². The number of carbonyl (C=O) groups is 2. The molecule has 1 fully saturated rings. The molecule has 1 saturated carbocycles. The van der Waals surface area contributed by atoms with Gasteiger partial charge in [-0.3, -0.25) is 4.79 Å². The molecule has 1 aliphatic heterocycles. The zero-order valence-electron chi connectivity index (χ0n) is 24.3. The molecule has 42 heavy (non-hydrogen) atoms. The maximum atomic E-state index is 13.0. The first-order valence-corrected chi connectivity index (χ1v) is 15.5. The van der Waals surface area contributed by atoms with Crippen LogP contribution in [0.4, 0.5) is 5.69 Å². The first kappa shape index (κ1) is 29.5. The van der Waals surface area contributed by atoms with Crippen molar-refractivity contribution in [2.24, 2.45) is 4.99 Å². The van der Waals surface area contributed by atoms with Crippen LogP contribution in [0.2, 0.25) is 0 Å². The minimum Gasteiger partial charge on any atom is -0.506 e. The number of ether oxygens (including phenoxy) is 2. The highest BCUT2D eigenvalue weighted by molar-refractivity contribution is 8.18. The van der Waals surface area contributed by atoms with Gasteiger partial charge in [-0.05, 0) is 69.0 Å². The number of carbonyl (C=O) groups excluding carboxylic acids is 2. The van der Waals surface area contributed by atoms with Crippen molar-refractivity contribution in [2.75, 3.05) is 13.2 Å². The number of nitrogens with zero attached hydrogens (tertiary/aromatic N) is 2. The highest BCUT2D eigenvalue weighted by atomic mass is 32.2. The topological polar surface area (TPSA) is 102 Å². The summed E-state index contributed by atoms with van der Waals surface area (Å²) in [5, 5.41) is 15.8. The molecule has 2 aliphatic rings. The monoisotopic (exact) mass is 587 g/mol. The van der Waals surface area contributed by atoms with Gasteiger partial charge in [0.1, 0.15) is 28.7 Å². The van der Waals surface area contributed by atoms with Crippen LogP contribution in [0, 0.1) is 0 Å². The van der Waals surface area contributed by atoms with Crippen LogP contribution in [0.15, 0.2) is 69.9 Å². The van der Waals surface area contributed by atoms with E-state index in [4.69, 9.17) is 9.47 Å². The van der Waals surface area contributed by atoms with Gasteiger partial charge in [-0.2, -0.15) is 0 Å². The number of rotatable bonds is 10. The molecule has 8 nitrogen and oxygen atoms in total. The van der Waals surface area contributed by atoms with Crippen LogP contribution in [0.1, 0.15) is 57.6 Å². The third kappa shape index (κ3) is 6.41. The van der Waals surface area contributed by atoms with Crippen molar-refractivity contribution in [1.82, 2.24) is 9.88 Å². The molecule has 2 N–H and O–H groups in total. The molecule has 1 amide bonds. The Hall–Kier alpha value is -3.98. The summed E-state index contributed by atoms with van der Waals surface area (Å²) >= 11 is 1.21. The Labute approximate surface area is 250 Å². The van der Waals surface area contributed by atoms with Crippen molar-refractivity contribution in [3.8, 4) is 5.75 Å². The molecule has 0 atom stereocenters. The number of fused-ring (bicyclic) bond motifs is 1. The summed E-state index contributed by atoms with van der Waals surface area (Å²) < 4.78 is 12.8. The third-order valence-corrected chi connectivity index (χ3v) is 8.48. The molecule has 1 aliphatic carbocycles. The van der Waals surface area contributed by atoms with E-state index in [1.165, 1.54) is 11.8 Å². The van der Waals surface area contributed by atoms with Gasteiger partial charge in [-0.25, -0.2) is 9.79 Å². The second-order valence-electron chi connectivity index (χ2n) is 10.3. The smallest absolute Gasteiger partial charge is 0.344 e. The van der Waals surface area contributed by atoms with Crippen LogP contribution in [0.25, 0.3) is 17.0 Å². The lowest BCUT2D eigenvalue weighted by molar-refractivity contribution is -0.138. The Morgan fingerprint density at radius 3 is 2.55 bits per heavy atom. The van der Waals surface area contributed by atoms with Crippen molar-refractivity contribution < 1.29 is 24.2 Å². The van der Waals surface area contributed by atoms with E-state index in [-0.39, 0.29) is 36.4 Å². The maximum absolute atomic E-state index is 13.0. The van der Waals surface area contributed by atoms with Crippen molar-refractivity contribution in [3.05, 3.63) is 76.0 Å². The number of aliphatic hydroxyl groups is 1. The molecule has 0 spiro atoms. The number of amides is 1. The summed E-state index contributed by atoms with van der Waals surface area (Å²) in [6.45, 7) is 6.68. The summed E-state index contributed by atoms with van der Waals surface area (Å²) in [6, 6.07) is 13.6. The normalized spacial score (nSPS) is 17.5. The summed E-state index contributed by atoms with van der Waals surface area (Å²) in [5.41, 5.74) is 3.63. The van der Waals surface area contributed by atoms with Gasteiger partial charge in [0.2, 0.25) is 5.91 Å². The number of aliphatic hydroxyl groups excluding tert-OH is 1. The molecule has 0 saturated heterocycles. The Balaban J connectivity index is 1.52. The number of nitrogens with one attached hydrogen (secondary N) is 1. The van der Waals surface area contributed by atoms with Gasteiger partial charge >= 0.3 is 5.97 Å². The highest BCUT2D eigenvalue weighted by Crippen LogP contribution is 2.41. The average Bonchev–Trinajstić information content (AvgIpc) is 3.69. The summed E-state index contributed by atoms with van der Waals surface area (Å²) in [6.07, 6.45) is 8.98. The number of para-hydroxylation sites is 1. The predicted molar refractivity (Wildman–Crippen MR) is 168 cm³/mol. The number of aromatic nitrogens is 1. The molecule has 2 heterocycles. The lowest BCUT2D eigenvalue weighted by Crippen LogP contribution is -2.35. The van der Waals surface area contributed by atoms with Gasteiger partial charge in [0.25, 0.3) is 0 Å². The summed E-state index contributed by atoms with van der Waals surface area (Å²) in [5.74, 6) is -0.0781. The minimum absolute atomic E-state index is 0.00346. The van der Waals surface area contributed by atoms with Gasteiger partial charge in [0, 0.05) is 23.2 Å². The molecular weight excluding hydrogens is 550 g/mol. The Morgan fingerprint density at radius 2 is 1.86 bits per heavy atom. The van der Waals surface area contributed by atoms with Gasteiger partial charge in [-0.15, -0.1) is 0 Å². The van der Waals surface area contributed by atoms with E-state index in [1.54, 1.807) is 19.1 Å². The Bertz CT molecular complexity index is 1560. The molecule has 0 radical (unpaired) electrons.